The molecule has 0 unspecified atom stereocenters. The molecule has 1 aliphatic heterocycles. The van der Waals surface area contributed by atoms with Gasteiger partial charge in [-0.05, 0) is 12.8 Å². The molecular weight excluding hydrogens is 184 g/mol. The molecule has 0 spiro atoms. The monoisotopic (exact) mass is 196 g/mol. The molecule has 1 aliphatic rings. The number of nitrogens with zero attached hydrogens (tertiary/aromatic N) is 2. The first kappa shape index (κ1) is 9.21. The van der Waals surface area contributed by atoms with E-state index in [1.54, 1.807) is 10.8 Å². The van der Waals surface area contributed by atoms with Crippen LogP contribution in [0, 0.1) is 0 Å². The van der Waals surface area contributed by atoms with Gasteiger partial charge in [0.15, 0.2) is 0 Å². The molecule has 0 aliphatic carbocycles. The van der Waals surface area contributed by atoms with Crippen molar-refractivity contribution in [1.29, 1.82) is 0 Å². The van der Waals surface area contributed by atoms with Crippen LogP contribution in [0.5, 0.6) is 0 Å². The lowest BCUT2D eigenvalue weighted by Gasteiger charge is -2.23. The van der Waals surface area contributed by atoms with Crippen LogP contribution in [0.4, 0.5) is 0 Å². The van der Waals surface area contributed by atoms with Crippen molar-refractivity contribution in [2.24, 2.45) is 0 Å². The Morgan fingerprint density at radius 2 is 2.29 bits per heavy atom. The molecule has 76 valence electrons. The number of carbonyl (C=O) groups is 1. The fourth-order valence-corrected chi connectivity index (χ4v) is 1.74. The van der Waals surface area contributed by atoms with Crippen molar-refractivity contribution in [3.05, 3.63) is 18.2 Å². The molecule has 1 aromatic rings. The van der Waals surface area contributed by atoms with Crippen molar-refractivity contribution < 1.29 is 14.6 Å². The number of carboxylic acid groups (broad SMARTS) is 1. The average molecular weight is 196 g/mol. The highest BCUT2D eigenvalue weighted by Gasteiger charge is 2.20. The third-order valence-electron chi connectivity index (χ3n) is 2.44. The molecule has 1 N–H and O–H groups in total. The second-order valence-electron chi connectivity index (χ2n) is 3.31. The SMILES string of the molecule is O=C(O)c1nccn1C1CCOCC1. The maximum absolute atomic E-state index is 10.8. The average Bonchev–Trinajstić information content (AvgIpc) is 2.67. The van der Waals surface area contributed by atoms with E-state index >= 15 is 0 Å². The topological polar surface area (TPSA) is 64.3 Å². The van der Waals surface area contributed by atoms with E-state index in [2.05, 4.69) is 4.98 Å². The lowest BCUT2D eigenvalue weighted by Crippen LogP contribution is -2.22. The lowest BCUT2D eigenvalue weighted by atomic mass is 10.1. The fraction of sp³-hybridized carbons (Fsp3) is 0.556. The van der Waals surface area contributed by atoms with Gasteiger partial charge in [0.05, 0.1) is 0 Å². The molecule has 0 amide bonds. The van der Waals surface area contributed by atoms with E-state index < -0.39 is 5.97 Å². The molecule has 2 rings (SSSR count). The summed E-state index contributed by atoms with van der Waals surface area (Å²) in [5.41, 5.74) is 0. The van der Waals surface area contributed by atoms with Crippen LogP contribution >= 0.6 is 0 Å². The number of aromatic carboxylic acids is 1. The molecule has 0 atom stereocenters. The number of carboxylic acids is 1. The van der Waals surface area contributed by atoms with Crippen LogP contribution in [0.2, 0.25) is 0 Å². The normalized spacial score (nSPS) is 18.3. The van der Waals surface area contributed by atoms with Crippen LogP contribution in [-0.2, 0) is 4.74 Å². The van der Waals surface area contributed by atoms with Gasteiger partial charge in [-0.15, -0.1) is 0 Å². The minimum Gasteiger partial charge on any atom is -0.475 e. The summed E-state index contributed by atoms with van der Waals surface area (Å²) in [6.07, 6.45) is 4.96. The van der Waals surface area contributed by atoms with Crippen molar-refractivity contribution in [3.63, 3.8) is 0 Å². The summed E-state index contributed by atoms with van der Waals surface area (Å²) in [6.45, 7) is 1.39. The van der Waals surface area contributed by atoms with Gasteiger partial charge in [-0.3, -0.25) is 0 Å². The maximum Gasteiger partial charge on any atom is 0.372 e. The minimum atomic E-state index is -0.971. The lowest BCUT2D eigenvalue weighted by molar-refractivity contribution is 0.0602. The molecule has 14 heavy (non-hydrogen) atoms. The van der Waals surface area contributed by atoms with Gasteiger partial charge in [0.1, 0.15) is 0 Å². The predicted molar refractivity (Wildman–Crippen MR) is 48.3 cm³/mol. The van der Waals surface area contributed by atoms with Crippen molar-refractivity contribution in [2.75, 3.05) is 13.2 Å². The third-order valence-corrected chi connectivity index (χ3v) is 2.44. The standard InChI is InChI=1S/C9H12N2O3/c12-9(13)8-10-3-4-11(8)7-1-5-14-6-2-7/h3-4,7H,1-2,5-6H2,(H,12,13). The Hall–Kier alpha value is -1.36. The summed E-state index contributed by atoms with van der Waals surface area (Å²) in [5, 5.41) is 8.87. The van der Waals surface area contributed by atoms with Gasteiger partial charge >= 0.3 is 5.97 Å². The molecule has 1 fully saturated rings. The summed E-state index contributed by atoms with van der Waals surface area (Å²) in [6, 6.07) is 0.220. The van der Waals surface area contributed by atoms with E-state index in [9.17, 15) is 4.79 Å². The molecule has 0 bridgehead atoms. The molecule has 5 nitrogen and oxygen atoms in total. The van der Waals surface area contributed by atoms with Gasteiger partial charge in [-0.2, -0.15) is 0 Å². The van der Waals surface area contributed by atoms with Crippen LogP contribution in [0.3, 0.4) is 0 Å². The predicted octanol–water partition coefficient (Wildman–Crippen LogP) is 0.933. The van der Waals surface area contributed by atoms with Crippen LogP contribution < -0.4 is 0 Å². The minimum absolute atomic E-state index is 0.122. The van der Waals surface area contributed by atoms with Gasteiger partial charge in [0, 0.05) is 31.6 Å². The number of hydrogen-bond acceptors (Lipinski definition) is 3. The van der Waals surface area contributed by atoms with E-state index in [0.717, 1.165) is 12.8 Å². The van der Waals surface area contributed by atoms with Gasteiger partial charge in [-0.1, -0.05) is 0 Å². The van der Waals surface area contributed by atoms with Gasteiger partial charge in [0.2, 0.25) is 5.82 Å². The van der Waals surface area contributed by atoms with Crippen molar-refractivity contribution in [2.45, 2.75) is 18.9 Å². The first-order valence-corrected chi connectivity index (χ1v) is 4.63. The molecule has 1 aromatic heterocycles. The molecule has 5 heteroatoms. The Morgan fingerprint density at radius 3 is 2.93 bits per heavy atom. The highest BCUT2D eigenvalue weighted by atomic mass is 16.5. The van der Waals surface area contributed by atoms with E-state index in [1.807, 2.05) is 0 Å². The Balaban J connectivity index is 2.21. The smallest absolute Gasteiger partial charge is 0.372 e. The largest absolute Gasteiger partial charge is 0.475 e. The second-order valence-corrected chi connectivity index (χ2v) is 3.31. The van der Waals surface area contributed by atoms with Gasteiger partial charge in [-0.25, -0.2) is 9.78 Å². The summed E-state index contributed by atoms with van der Waals surface area (Å²) in [7, 11) is 0. The molecule has 1 saturated heterocycles. The summed E-state index contributed by atoms with van der Waals surface area (Å²) < 4.78 is 6.94. The molecule has 0 radical (unpaired) electrons. The highest BCUT2D eigenvalue weighted by molar-refractivity contribution is 5.83. The summed E-state index contributed by atoms with van der Waals surface area (Å²) in [5.74, 6) is -0.849. The molecule has 0 aromatic carbocycles. The Bertz CT molecular complexity index is 329. The molecular formula is C9H12N2O3. The Kier molecular flexibility index (Phi) is 2.49. The number of rotatable bonds is 2. The zero-order chi connectivity index (χ0) is 9.97. The molecule has 2 heterocycles. The quantitative estimate of drug-likeness (QED) is 0.764. The fourth-order valence-electron chi connectivity index (χ4n) is 1.74. The van der Waals surface area contributed by atoms with Crippen molar-refractivity contribution >= 4 is 5.97 Å². The highest BCUT2D eigenvalue weighted by Crippen LogP contribution is 2.21. The van der Waals surface area contributed by atoms with Crippen LogP contribution in [0.1, 0.15) is 29.5 Å². The Morgan fingerprint density at radius 1 is 1.57 bits per heavy atom. The van der Waals surface area contributed by atoms with Gasteiger partial charge in [0.25, 0.3) is 0 Å². The van der Waals surface area contributed by atoms with E-state index in [4.69, 9.17) is 9.84 Å². The van der Waals surface area contributed by atoms with Crippen molar-refractivity contribution in [3.8, 4) is 0 Å². The van der Waals surface area contributed by atoms with Gasteiger partial charge < -0.3 is 14.4 Å². The Labute approximate surface area is 81.3 Å². The van der Waals surface area contributed by atoms with Crippen molar-refractivity contribution in [1.82, 2.24) is 9.55 Å². The first-order chi connectivity index (χ1) is 6.79. The summed E-state index contributed by atoms with van der Waals surface area (Å²) >= 11 is 0. The zero-order valence-corrected chi connectivity index (χ0v) is 7.72. The van der Waals surface area contributed by atoms with Crippen LogP contribution in [0.25, 0.3) is 0 Å². The zero-order valence-electron chi connectivity index (χ0n) is 7.72. The first-order valence-electron chi connectivity index (χ1n) is 4.63. The van der Waals surface area contributed by atoms with E-state index in [1.165, 1.54) is 6.20 Å². The maximum atomic E-state index is 10.8. The summed E-state index contributed by atoms with van der Waals surface area (Å²) in [4.78, 5) is 14.6. The number of hydrogen-bond donors (Lipinski definition) is 1. The van der Waals surface area contributed by atoms with Crippen LogP contribution in [-0.4, -0.2) is 33.8 Å². The second kappa shape index (κ2) is 3.79. The van der Waals surface area contributed by atoms with E-state index in [0.29, 0.717) is 13.2 Å². The van der Waals surface area contributed by atoms with E-state index in [-0.39, 0.29) is 11.9 Å². The molecule has 0 saturated carbocycles. The van der Waals surface area contributed by atoms with Crippen LogP contribution in [0.15, 0.2) is 12.4 Å². The number of imidazole rings is 1. The number of aromatic nitrogens is 2. The number of ether oxygens (including phenoxy) is 1. The third kappa shape index (κ3) is 1.63.